The third-order valence-corrected chi connectivity index (χ3v) is 4.97. The first-order chi connectivity index (χ1) is 13.1. The molecule has 2 aromatic carbocycles. The molecule has 0 radical (unpaired) electrons. The Morgan fingerprint density at radius 2 is 1.85 bits per heavy atom. The Kier molecular flexibility index (Phi) is 4.28. The predicted octanol–water partition coefficient (Wildman–Crippen LogP) is 4.93. The van der Waals surface area contributed by atoms with Crippen molar-refractivity contribution in [3.05, 3.63) is 60.3 Å². The van der Waals surface area contributed by atoms with E-state index in [0.717, 1.165) is 51.8 Å². The molecule has 0 saturated carbocycles. The van der Waals surface area contributed by atoms with Crippen molar-refractivity contribution in [2.45, 2.75) is 13.8 Å². The number of aromatic carboxylic acids is 1. The summed E-state index contributed by atoms with van der Waals surface area (Å²) < 4.78 is 0. The number of fused-ring (bicyclic) bond motifs is 2. The van der Waals surface area contributed by atoms with Gasteiger partial charge in [0, 0.05) is 41.1 Å². The number of benzene rings is 2. The minimum atomic E-state index is -0.928. The molecule has 0 spiro atoms. The van der Waals surface area contributed by atoms with Gasteiger partial charge < -0.3 is 15.0 Å². The molecule has 0 atom stereocenters. The third kappa shape index (κ3) is 3.01. The standard InChI is InChI=1S/C22H21N3O2/c1-3-25(4-2)20-13-17-12-16(22(26)27)6-8-19(17)24-21(20)15-5-7-18-14(11-15)9-10-23-18/h5-13,23H,3-4H2,1-2H3,(H,26,27). The largest absolute Gasteiger partial charge is 0.478 e. The van der Waals surface area contributed by atoms with Crippen molar-refractivity contribution in [2.24, 2.45) is 0 Å². The Morgan fingerprint density at radius 1 is 1.04 bits per heavy atom. The molecule has 27 heavy (non-hydrogen) atoms. The molecular formula is C22H21N3O2. The van der Waals surface area contributed by atoms with Crippen molar-refractivity contribution in [1.29, 1.82) is 0 Å². The number of aromatic nitrogens is 2. The molecule has 2 heterocycles. The number of pyridine rings is 1. The zero-order chi connectivity index (χ0) is 19.0. The maximum atomic E-state index is 11.3. The lowest BCUT2D eigenvalue weighted by molar-refractivity contribution is 0.0697. The zero-order valence-corrected chi connectivity index (χ0v) is 15.4. The lowest BCUT2D eigenvalue weighted by Gasteiger charge is -2.24. The van der Waals surface area contributed by atoms with E-state index < -0.39 is 5.97 Å². The Morgan fingerprint density at radius 3 is 2.59 bits per heavy atom. The summed E-state index contributed by atoms with van der Waals surface area (Å²) in [5.41, 5.74) is 5.14. The molecule has 0 aliphatic carbocycles. The minimum absolute atomic E-state index is 0.274. The van der Waals surface area contributed by atoms with Crippen molar-refractivity contribution in [3.63, 3.8) is 0 Å². The number of hydrogen-bond acceptors (Lipinski definition) is 3. The highest BCUT2D eigenvalue weighted by molar-refractivity contribution is 5.97. The number of carboxylic acid groups (broad SMARTS) is 1. The predicted molar refractivity (Wildman–Crippen MR) is 110 cm³/mol. The van der Waals surface area contributed by atoms with Gasteiger partial charge in [-0.3, -0.25) is 0 Å². The van der Waals surface area contributed by atoms with E-state index >= 15 is 0 Å². The summed E-state index contributed by atoms with van der Waals surface area (Å²) in [6.07, 6.45) is 1.93. The first-order valence-corrected chi connectivity index (χ1v) is 9.11. The molecule has 4 aromatic rings. The topological polar surface area (TPSA) is 69.2 Å². The second-order valence-corrected chi connectivity index (χ2v) is 6.52. The van der Waals surface area contributed by atoms with E-state index in [-0.39, 0.29) is 5.56 Å². The van der Waals surface area contributed by atoms with Crippen LogP contribution in [0.4, 0.5) is 5.69 Å². The average molecular weight is 359 g/mol. The summed E-state index contributed by atoms with van der Waals surface area (Å²) >= 11 is 0. The Bertz CT molecular complexity index is 1140. The molecule has 0 aliphatic heterocycles. The van der Waals surface area contributed by atoms with Crippen LogP contribution in [0.15, 0.2) is 54.7 Å². The summed E-state index contributed by atoms with van der Waals surface area (Å²) in [5, 5.41) is 11.3. The fourth-order valence-corrected chi connectivity index (χ4v) is 3.52. The molecule has 4 rings (SSSR count). The fraction of sp³-hybridized carbons (Fsp3) is 0.182. The van der Waals surface area contributed by atoms with Crippen LogP contribution in [0.5, 0.6) is 0 Å². The molecule has 2 aromatic heterocycles. The van der Waals surface area contributed by atoms with Crippen LogP contribution in [0, 0.1) is 0 Å². The maximum Gasteiger partial charge on any atom is 0.335 e. The quantitative estimate of drug-likeness (QED) is 0.530. The number of carbonyl (C=O) groups is 1. The fourth-order valence-electron chi connectivity index (χ4n) is 3.52. The van der Waals surface area contributed by atoms with E-state index in [9.17, 15) is 9.90 Å². The lowest BCUT2D eigenvalue weighted by atomic mass is 10.0. The highest BCUT2D eigenvalue weighted by atomic mass is 16.4. The van der Waals surface area contributed by atoms with E-state index in [1.807, 2.05) is 6.20 Å². The van der Waals surface area contributed by atoms with E-state index in [2.05, 4.69) is 54.1 Å². The van der Waals surface area contributed by atoms with E-state index in [0.29, 0.717) is 0 Å². The molecule has 0 bridgehead atoms. The van der Waals surface area contributed by atoms with Crippen LogP contribution in [0.3, 0.4) is 0 Å². The maximum absolute atomic E-state index is 11.3. The van der Waals surface area contributed by atoms with Gasteiger partial charge in [-0.2, -0.15) is 0 Å². The van der Waals surface area contributed by atoms with Gasteiger partial charge in [0.2, 0.25) is 0 Å². The van der Waals surface area contributed by atoms with Crippen LogP contribution in [-0.4, -0.2) is 34.1 Å². The number of aromatic amines is 1. The number of rotatable bonds is 5. The van der Waals surface area contributed by atoms with Gasteiger partial charge in [0.05, 0.1) is 22.5 Å². The van der Waals surface area contributed by atoms with Crippen LogP contribution in [0.2, 0.25) is 0 Å². The number of H-pyrrole nitrogens is 1. The van der Waals surface area contributed by atoms with Gasteiger partial charge in [-0.05, 0) is 56.3 Å². The molecular weight excluding hydrogens is 338 g/mol. The van der Waals surface area contributed by atoms with E-state index in [4.69, 9.17) is 4.98 Å². The first kappa shape index (κ1) is 17.1. The Labute approximate surface area is 157 Å². The molecule has 0 unspecified atom stereocenters. The molecule has 0 fully saturated rings. The van der Waals surface area contributed by atoms with Gasteiger partial charge >= 0.3 is 5.97 Å². The van der Waals surface area contributed by atoms with Gasteiger partial charge in [0.25, 0.3) is 0 Å². The number of nitrogens with zero attached hydrogens (tertiary/aromatic N) is 2. The molecule has 0 saturated heterocycles. The second kappa shape index (κ2) is 6.76. The van der Waals surface area contributed by atoms with Crippen molar-refractivity contribution < 1.29 is 9.90 Å². The van der Waals surface area contributed by atoms with Crippen molar-refractivity contribution >= 4 is 33.5 Å². The molecule has 2 N–H and O–H groups in total. The van der Waals surface area contributed by atoms with Crippen LogP contribution < -0.4 is 4.90 Å². The van der Waals surface area contributed by atoms with Crippen LogP contribution in [0.1, 0.15) is 24.2 Å². The van der Waals surface area contributed by atoms with Gasteiger partial charge in [-0.25, -0.2) is 9.78 Å². The summed E-state index contributed by atoms with van der Waals surface area (Å²) in [6, 6.07) is 15.5. The molecule has 5 nitrogen and oxygen atoms in total. The van der Waals surface area contributed by atoms with Gasteiger partial charge in [-0.1, -0.05) is 6.07 Å². The first-order valence-electron chi connectivity index (χ1n) is 9.11. The summed E-state index contributed by atoms with van der Waals surface area (Å²) in [6.45, 7) is 5.92. The van der Waals surface area contributed by atoms with Crippen molar-refractivity contribution in [2.75, 3.05) is 18.0 Å². The van der Waals surface area contributed by atoms with Crippen LogP contribution in [-0.2, 0) is 0 Å². The van der Waals surface area contributed by atoms with Crippen molar-refractivity contribution in [3.8, 4) is 11.3 Å². The monoisotopic (exact) mass is 359 g/mol. The second-order valence-electron chi connectivity index (χ2n) is 6.52. The normalized spacial score (nSPS) is 11.2. The van der Waals surface area contributed by atoms with Gasteiger partial charge in [0.15, 0.2) is 0 Å². The molecule has 0 amide bonds. The summed E-state index contributed by atoms with van der Waals surface area (Å²) in [4.78, 5) is 21.7. The number of anilines is 1. The van der Waals surface area contributed by atoms with Crippen molar-refractivity contribution in [1.82, 2.24) is 9.97 Å². The van der Waals surface area contributed by atoms with Crippen LogP contribution >= 0.6 is 0 Å². The third-order valence-electron chi connectivity index (χ3n) is 4.97. The molecule has 136 valence electrons. The van der Waals surface area contributed by atoms with E-state index in [1.165, 1.54) is 0 Å². The minimum Gasteiger partial charge on any atom is -0.478 e. The highest BCUT2D eigenvalue weighted by Crippen LogP contribution is 2.34. The SMILES string of the molecule is CCN(CC)c1cc2cc(C(=O)O)ccc2nc1-c1ccc2[nH]ccc2c1. The Hall–Kier alpha value is -3.34. The van der Waals surface area contributed by atoms with Gasteiger partial charge in [0.1, 0.15) is 0 Å². The molecule has 0 aliphatic rings. The average Bonchev–Trinajstić information content (AvgIpc) is 3.15. The lowest BCUT2D eigenvalue weighted by Crippen LogP contribution is -2.23. The van der Waals surface area contributed by atoms with E-state index in [1.54, 1.807) is 18.2 Å². The number of nitrogens with one attached hydrogen (secondary N) is 1. The molecule has 5 heteroatoms. The summed E-state index contributed by atoms with van der Waals surface area (Å²) in [7, 11) is 0. The number of hydrogen-bond donors (Lipinski definition) is 2. The van der Waals surface area contributed by atoms with Gasteiger partial charge in [-0.15, -0.1) is 0 Å². The zero-order valence-electron chi connectivity index (χ0n) is 15.4. The number of carboxylic acids is 1. The van der Waals surface area contributed by atoms with Crippen LogP contribution in [0.25, 0.3) is 33.1 Å². The summed E-state index contributed by atoms with van der Waals surface area (Å²) in [5.74, 6) is -0.928. The Balaban J connectivity index is 1.97. The highest BCUT2D eigenvalue weighted by Gasteiger charge is 2.15. The smallest absolute Gasteiger partial charge is 0.335 e.